The first-order chi connectivity index (χ1) is 15.0. The number of nitrogens with two attached hydrogens (primary N) is 1. The second-order valence-electron chi connectivity index (χ2n) is 7.69. The van der Waals surface area contributed by atoms with Gasteiger partial charge in [0, 0.05) is 11.9 Å². The fourth-order valence-corrected chi connectivity index (χ4v) is 5.09. The summed E-state index contributed by atoms with van der Waals surface area (Å²) in [5.41, 5.74) is 8.66. The highest BCUT2D eigenvalue weighted by atomic mass is 127. The molecule has 2 aliphatic heterocycles. The zero-order valence-electron chi connectivity index (χ0n) is 17.0. The van der Waals surface area contributed by atoms with Gasteiger partial charge in [-0.05, 0) is 65.1 Å². The number of hydrogen-bond donors (Lipinski definition) is 1. The molecule has 8 nitrogen and oxygen atoms in total. The van der Waals surface area contributed by atoms with Crippen LogP contribution in [0.3, 0.4) is 0 Å². The summed E-state index contributed by atoms with van der Waals surface area (Å²) in [4.78, 5) is 26.9. The van der Waals surface area contributed by atoms with Gasteiger partial charge in [0.05, 0.1) is 11.9 Å². The average Bonchev–Trinajstić information content (AvgIpc) is 3.05. The molecule has 2 aliphatic rings. The monoisotopic (exact) mass is 525 g/mol. The van der Waals surface area contributed by atoms with Gasteiger partial charge in [-0.2, -0.15) is 5.10 Å². The Bertz CT molecular complexity index is 1360. The topological polar surface area (TPSA) is 101 Å². The van der Waals surface area contributed by atoms with Crippen LogP contribution in [0.25, 0.3) is 16.6 Å². The largest absolute Gasteiger partial charge is 0.386 e. The molecule has 1 aromatic carbocycles. The van der Waals surface area contributed by atoms with Gasteiger partial charge in [-0.1, -0.05) is 24.3 Å². The van der Waals surface area contributed by atoms with E-state index in [2.05, 4.69) is 42.7 Å². The summed E-state index contributed by atoms with van der Waals surface area (Å²) in [6.07, 6.45) is 2.91. The Balaban J connectivity index is 1.70. The van der Waals surface area contributed by atoms with Gasteiger partial charge in [0.1, 0.15) is 27.6 Å². The summed E-state index contributed by atoms with van der Waals surface area (Å²) in [6.45, 7) is 4.29. The van der Waals surface area contributed by atoms with Crippen molar-refractivity contribution in [3.8, 4) is 5.82 Å². The molecule has 31 heavy (non-hydrogen) atoms. The molecule has 0 amide bonds. The number of halogens is 1. The van der Waals surface area contributed by atoms with Gasteiger partial charge in [0.2, 0.25) is 0 Å². The van der Waals surface area contributed by atoms with E-state index in [1.165, 1.54) is 6.34 Å². The molecular formula is C22H20IN7O. The van der Waals surface area contributed by atoms with Gasteiger partial charge in [-0.25, -0.2) is 15.0 Å². The van der Waals surface area contributed by atoms with Crippen molar-refractivity contribution in [2.24, 2.45) is 26.7 Å². The van der Waals surface area contributed by atoms with Crippen molar-refractivity contribution < 1.29 is 0 Å². The first kappa shape index (κ1) is 19.9. The van der Waals surface area contributed by atoms with Gasteiger partial charge >= 0.3 is 0 Å². The van der Waals surface area contributed by atoms with Crippen LogP contribution in [-0.2, 0) is 6.54 Å². The number of hydrazone groups is 1. The minimum atomic E-state index is -0.272. The second kappa shape index (κ2) is 7.56. The summed E-state index contributed by atoms with van der Waals surface area (Å²) in [5, 5.41) is 8.15. The van der Waals surface area contributed by atoms with Crippen LogP contribution in [-0.4, -0.2) is 36.6 Å². The zero-order valence-corrected chi connectivity index (χ0v) is 19.2. The fraction of sp³-hybridized carbons (Fsp3) is 0.227. The van der Waals surface area contributed by atoms with E-state index < -0.39 is 0 Å². The number of amidine groups is 1. The van der Waals surface area contributed by atoms with Crippen molar-refractivity contribution in [3.05, 3.63) is 69.8 Å². The van der Waals surface area contributed by atoms with Crippen molar-refractivity contribution in [2.45, 2.75) is 26.6 Å². The lowest BCUT2D eigenvalue weighted by Crippen LogP contribution is -2.41. The molecule has 0 saturated carbocycles. The van der Waals surface area contributed by atoms with E-state index in [0.29, 0.717) is 23.6 Å². The fourth-order valence-electron chi connectivity index (χ4n) is 4.17. The minimum absolute atomic E-state index is 0.0879. The van der Waals surface area contributed by atoms with Crippen LogP contribution in [0.1, 0.15) is 16.8 Å². The van der Waals surface area contributed by atoms with Crippen LogP contribution in [0.5, 0.6) is 0 Å². The highest BCUT2D eigenvalue weighted by molar-refractivity contribution is 14.1. The SMILES string of the molecule is Cc1cccnc1-n1c(CN2N=C(I)C3C(N)=NC=NC32)cc2cccc(C)c2c1=O. The van der Waals surface area contributed by atoms with Crippen LogP contribution in [0.15, 0.2) is 62.5 Å². The number of nitrogens with zero attached hydrogens (tertiary/aromatic N) is 6. The standard InChI is InChI=1S/C22H20IN7O/c1-12-5-3-7-14-9-15(10-29-21-17(18(23)28-29)19(24)26-11-27-21)30(22(31)16(12)14)20-13(2)6-4-8-25-20/h3-9,11,17,21H,10H2,1-2H3,(H2,24,26,27). The summed E-state index contributed by atoms with van der Waals surface area (Å²) >= 11 is 2.18. The molecular weight excluding hydrogens is 505 g/mol. The van der Waals surface area contributed by atoms with E-state index in [-0.39, 0.29) is 17.6 Å². The molecule has 5 rings (SSSR count). The molecule has 2 aromatic heterocycles. The molecule has 156 valence electrons. The van der Waals surface area contributed by atoms with E-state index >= 15 is 0 Å². The maximum atomic E-state index is 13.7. The predicted octanol–water partition coefficient (Wildman–Crippen LogP) is 2.91. The number of pyridine rings is 2. The minimum Gasteiger partial charge on any atom is -0.386 e. The Morgan fingerprint density at radius 3 is 2.77 bits per heavy atom. The smallest absolute Gasteiger partial charge is 0.264 e. The number of aryl methyl sites for hydroxylation is 2. The van der Waals surface area contributed by atoms with Crippen LogP contribution >= 0.6 is 22.6 Å². The molecule has 9 heteroatoms. The van der Waals surface area contributed by atoms with Crippen LogP contribution in [0, 0.1) is 19.8 Å². The number of fused-ring (bicyclic) bond motifs is 2. The summed E-state index contributed by atoms with van der Waals surface area (Å²) in [6, 6.07) is 11.7. The van der Waals surface area contributed by atoms with E-state index in [1.807, 2.05) is 55.3 Å². The molecule has 2 unspecified atom stereocenters. The van der Waals surface area contributed by atoms with Crippen molar-refractivity contribution in [1.29, 1.82) is 0 Å². The summed E-state index contributed by atoms with van der Waals surface area (Å²) in [5.74, 6) is 0.961. The Morgan fingerprint density at radius 1 is 1.16 bits per heavy atom. The molecule has 0 fully saturated rings. The van der Waals surface area contributed by atoms with Gasteiger partial charge in [-0.3, -0.25) is 14.4 Å². The molecule has 3 aromatic rings. The normalized spacial score (nSPS) is 20.0. The average molecular weight is 525 g/mol. The first-order valence-electron chi connectivity index (χ1n) is 9.87. The Labute approximate surface area is 192 Å². The Kier molecular flexibility index (Phi) is 4.84. The number of aromatic nitrogens is 2. The second-order valence-corrected chi connectivity index (χ2v) is 8.79. The molecule has 0 spiro atoms. The lowest BCUT2D eigenvalue weighted by atomic mass is 10.0. The molecule has 2 atom stereocenters. The number of benzene rings is 1. The van der Waals surface area contributed by atoms with Gasteiger partial charge in [0.15, 0.2) is 6.17 Å². The van der Waals surface area contributed by atoms with Crippen LogP contribution in [0.4, 0.5) is 0 Å². The Hall–Kier alpha value is -3.08. The number of hydrogen-bond acceptors (Lipinski definition) is 7. The van der Waals surface area contributed by atoms with E-state index in [9.17, 15) is 4.79 Å². The lowest BCUT2D eigenvalue weighted by Gasteiger charge is -2.27. The maximum absolute atomic E-state index is 13.7. The number of aliphatic imine (C=N–C) groups is 2. The van der Waals surface area contributed by atoms with Crippen LogP contribution < -0.4 is 11.3 Å². The van der Waals surface area contributed by atoms with Crippen molar-refractivity contribution >= 4 is 49.3 Å². The third-order valence-corrected chi connectivity index (χ3v) is 6.56. The van der Waals surface area contributed by atoms with E-state index in [4.69, 9.17) is 5.73 Å². The summed E-state index contributed by atoms with van der Waals surface area (Å²) in [7, 11) is 0. The molecule has 0 saturated heterocycles. The van der Waals surface area contributed by atoms with E-state index in [0.717, 1.165) is 25.9 Å². The third kappa shape index (κ3) is 3.23. The van der Waals surface area contributed by atoms with E-state index in [1.54, 1.807) is 10.8 Å². The highest BCUT2D eigenvalue weighted by Crippen LogP contribution is 2.30. The van der Waals surface area contributed by atoms with Crippen molar-refractivity contribution in [3.63, 3.8) is 0 Å². The third-order valence-electron chi connectivity index (χ3n) is 5.68. The predicted molar refractivity (Wildman–Crippen MR) is 131 cm³/mol. The van der Waals surface area contributed by atoms with Crippen LogP contribution in [0.2, 0.25) is 0 Å². The molecule has 2 N–H and O–H groups in total. The van der Waals surface area contributed by atoms with Gasteiger partial charge in [0.25, 0.3) is 5.56 Å². The molecule has 0 bridgehead atoms. The number of rotatable bonds is 3. The quantitative estimate of drug-likeness (QED) is 0.532. The van der Waals surface area contributed by atoms with Crippen molar-refractivity contribution in [2.75, 3.05) is 0 Å². The maximum Gasteiger partial charge on any atom is 0.264 e. The molecule has 4 heterocycles. The highest BCUT2D eigenvalue weighted by Gasteiger charge is 2.40. The first-order valence-corrected chi connectivity index (χ1v) is 11.0. The van der Waals surface area contributed by atoms with Gasteiger partial charge in [-0.15, -0.1) is 0 Å². The van der Waals surface area contributed by atoms with Crippen molar-refractivity contribution in [1.82, 2.24) is 14.6 Å². The molecule has 0 radical (unpaired) electrons. The van der Waals surface area contributed by atoms with Gasteiger partial charge < -0.3 is 5.73 Å². The lowest BCUT2D eigenvalue weighted by molar-refractivity contribution is 0.210. The molecule has 0 aliphatic carbocycles. The summed E-state index contributed by atoms with van der Waals surface area (Å²) < 4.78 is 2.53. The zero-order chi connectivity index (χ0) is 21.7. The Morgan fingerprint density at radius 2 is 1.97 bits per heavy atom.